The van der Waals surface area contributed by atoms with Gasteiger partial charge in [0.05, 0.1) is 54.2 Å². The second-order valence-electron chi connectivity index (χ2n) is 13.9. The number of ether oxygens (including phenoxy) is 3. The molecule has 52 heavy (non-hydrogen) atoms. The lowest BCUT2D eigenvalue weighted by Gasteiger charge is -2.32. The smallest absolute Gasteiger partial charge is 0.266 e. The van der Waals surface area contributed by atoms with Crippen molar-refractivity contribution in [3.05, 3.63) is 101 Å². The van der Waals surface area contributed by atoms with Gasteiger partial charge in [-0.3, -0.25) is 19.1 Å². The summed E-state index contributed by atoms with van der Waals surface area (Å²) in [5.74, 6) is 3.02. The van der Waals surface area contributed by atoms with Gasteiger partial charge in [0.15, 0.2) is 11.5 Å². The van der Waals surface area contributed by atoms with Crippen molar-refractivity contribution in [2.24, 2.45) is 10.9 Å². The van der Waals surface area contributed by atoms with E-state index in [0.717, 1.165) is 62.5 Å². The summed E-state index contributed by atoms with van der Waals surface area (Å²) in [6.07, 6.45) is 6.70. The number of hydrogen-bond donors (Lipinski definition) is 0. The van der Waals surface area contributed by atoms with Gasteiger partial charge in [-0.15, -0.1) is 0 Å². The van der Waals surface area contributed by atoms with Crippen LogP contribution in [0.15, 0.2) is 94.7 Å². The third kappa shape index (κ3) is 6.61. The van der Waals surface area contributed by atoms with Crippen molar-refractivity contribution in [1.82, 2.24) is 14.5 Å². The summed E-state index contributed by atoms with van der Waals surface area (Å²) in [4.78, 5) is 41.3. The van der Waals surface area contributed by atoms with Gasteiger partial charge in [0, 0.05) is 49.6 Å². The van der Waals surface area contributed by atoms with Gasteiger partial charge in [0.2, 0.25) is 0 Å². The molecule has 0 spiro atoms. The van der Waals surface area contributed by atoms with Gasteiger partial charge < -0.3 is 24.0 Å². The number of methoxy groups -OCH3 is 1. The maximum Gasteiger partial charge on any atom is 0.266 e. The van der Waals surface area contributed by atoms with Gasteiger partial charge in [0.1, 0.15) is 11.6 Å². The van der Waals surface area contributed by atoms with Crippen LogP contribution < -0.4 is 24.7 Å². The molecular formula is C42H43N5O5. The number of carbonyl (C=O) groups excluding carboxylic acids is 1. The van der Waals surface area contributed by atoms with Crippen LogP contribution in [-0.4, -0.2) is 72.6 Å². The van der Waals surface area contributed by atoms with Crippen LogP contribution in [-0.2, 0) is 0 Å². The van der Waals surface area contributed by atoms with Crippen LogP contribution in [0.3, 0.4) is 0 Å². The first-order valence-corrected chi connectivity index (χ1v) is 18.3. The number of rotatable bonds is 10. The molecule has 2 fully saturated rings. The number of aromatic nitrogens is 2. The van der Waals surface area contributed by atoms with E-state index in [1.54, 1.807) is 23.8 Å². The SMILES string of the molecule is COc1cc2c(cc1OCCCOc1ccc(-n3c(-c4ccccc4)nc4ccc(N5CCC(C)CC5)cc4c3=O)cc1)N=C[C@@H]1CCCN1C2=O. The molecule has 10 nitrogen and oxygen atoms in total. The summed E-state index contributed by atoms with van der Waals surface area (Å²) in [5, 5.41) is 0.598. The standard InChI is InChI=1S/C42H43N5O5/c1-28-17-20-45(21-18-28)31-13-16-36-34(24-31)42(49)47(40(44-36)29-8-4-3-5-9-29)30-11-14-33(15-12-30)51-22-7-23-52-39-26-37-35(25-38(39)50-2)41(48)46-19-6-10-32(46)27-43-37/h3-5,8-9,11-16,24-28,32H,6-7,10,17-23H2,1-2H3/t32-/m0/s1. The molecule has 10 heteroatoms. The lowest BCUT2D eigenvalue weighted by Crippen LogP contribution is -2.35. The van der Waals surface area contributed by atoms with Crippen LogP contribution >= 0.6 is 0 Å². The van der Waals surface area contributed by atoms with Gasteiger partial charge in [-0.05, 0) is 80.1 Å². The van der Waals surface area contributed by atoms with Crippen molar-refractivity contribution < 1.29 is 19.0 Å². The molecule has 8 rings (SSSR count). The van der Waals surface area contributed by atoms with E-state index < -0.39 is 0 Å². The molecule has 1 amide bonds. The zero-order valence-corrected chi connectivity index (χ0v) is 29.7. The summed E-state index contributed by atoms with van der Waals surface area (Å²) in [6.45, 7) is 5.83. The lowest BCUT2D eigenvalue weighted by atomic mass is 9.98. The van der Waals surface area contributed by atoms with Gasteiger partial charge in [-0.25, -0.2) is 4.98 Å². The molecule has 266 valence electrons. The third-order valence-electron chi connectivity index (χ3n) is 10.4. The van der Waals surface area contributed by atoms with E-state index in [4.69, 9.17) is 19.2 Å². The second kappa shape index (κ2) is 14.5. The Balaban J connectivity index is 0.967. The number of hydrogen-bond acceptors (Lipinski definition) is 8. The number of benzene rings is 4. The second-order valence-corrected chi connectivity index (χ2v) is 13.9. The quantitative estimate of drug-likeness (QED) is 0.140. The minimum Gasteiger partial charge on any atom is -0.493 e. The first-order valence-electron chi connectivity index (χ1n) is 18.3. The number of piperidine rings is 1. The average molecular weight is 698 g/mol. The molecule has 0 unspecified atom stereocenters. The maximum absolute atomic E-state index is 14.3. The van der Waals surface area contributed by atoms with Crippen LogP contribution in [0, 0.1) is 5.92 Å². The number of amides is 1. The fourth-order valence-electron chi connectivity index (χ4n) is 7.40. The predicted molar refractivity (Wildman–Crippen MR) is 204 cm³/mol. The Labute approximate surface area is 303 Å². The third-order valence-corrected chi connectivity index (χ3v) is 10.4. The summed E-state index contributed by atoms with van der Waals surface area (Å²) in [6, 6.07) is 27.0. The molecule has 4 heterocycles. The van der Waals surface area contributed by atoms with E-state index in [2.05, 4.69) is 22.9 Å². The molecule has 0 radical (unpaired) electrons. The largest absolute Gasteiger partial charge is 0.493 e. The molecule has 3 aliphatic rings. The van der Waals surface area contributed by atoms with E-state index >= 15 is 0 Å². The zero-order chi connectivity index (χ0) is 35.6. The van der Waals surface area contributed by atoms with Gasteiger partial charge >= 0.3 is 0 Å². The first kappa shape index (κ1) is 33.5. The number of anilines is 1. The number of carbonyl (C=O) groups is 1. The molecule has 3 aliphatic heterocycles. The molecule has 0 saturated carbocycles. The fraction of sp³-hybridized carbons (Fsp3) is 0.333. The van der Waals surface area contributed by atoms with Crippen molar-refractivity contribution in [1.29, 1.82) is 0 Å². The number of aliphatic imine (C=N–C) groups is 1. The van der Waals surface area contributed by atoms with E-state index in [0.29, 0.717) is 70.5 Å². The first-order chi connectivity index (χ1) is 25.5. The topological polar surface area (TPSA) is 98.5 Å². The Bertz CT molecular complexity index is 2170. The molecule has 2 saturated heterocycles. The van der Waals surface area contributed by atoms with E-state index in [1.165, 1.54) is 0 Å². The maximum atomic E-state index is 14.3. The minimum absolute atomic E-state index is 0.0194. The summed E-state index contributed by atoms with van der Waals surface area (Å²) >= 11 is 0. The van der Waals surface area contributed by atoms with Crippen LogP contribution in [0.5, 0.6) is 17.2 Å². The van der Waals surface area contributed by atoms with Gasteiger partial charge in [0.25, 0.3) is 11.5 Å². The van der Waals surface area contributed by atoms with E-state index in [9.17, 15) is 9.59 Å². The van der Waals surface area contributed by atoms with Crippen molar-refractivity contribution in [2.75, 3.05) is 44.9 Å². The Hall–Kier alpha value is -5.64. The van der Waals surface area contributed by atoms with Crippen molar-refractivity contribution in [3.8, 4) is 34.3 Å². The Morgan fingerprint density at radius 2 is 1.58 bits per heavy atom. The van der Waals surface area contributed by atoms with Crippen molar-refractivity contribution >= 4 is 34.4 Å². The highest BCUT2D eigenvalue weighted by Gasteiger charge is 2.32. The highest BCUT2D eigenvalue weighted by molar-refractivity contribution is 6.03. The normalized spacial score (nSPS) is 17.2. The van der Waals surface area contributed by atoms with Crippen LogP contribution in [0.25, 0.3) is 28.0 Å². The fourth-order valence-corrected chi connectivity index (χ4v) is 7.40. The highest BCUT2D eigenvalue weighted by Crippen LogP contribution is 2.38. The Morgan fingerprint density at radius 1 is 0.808 bits per heavy atom. The Kier molecular flexibility index (Phi) is 9.37. The molecule has 1 aromatic heterocycles. The summed E-state index contributed by atoms with van der Waals surface area (Å²) < 4.78 is 19.4. The molecule has 0 N–H and O–H groups in total. The van der Waals surface area contributed by atoms with Gasteiger partial charge in [-0.2, -0.15) is 0 Å². The van der Waals surface area contributed by atoms with Crippen LogP contribution in [0.2, 0.25) is 0 Å². The number of nitrogens with zero attached hydrogens (tertiary/aromatic N) is 5. The van der Waals surface area contributed by atoms with Gasteiger partial charge in [-0.1, -0.05) is 37.3 Å². The molecule has 4 aromatic carbocycles. The van der Waals surface area contributed by atoms with Crippen molar-refractivity contribution in [3.63, 3.8) is 0 Å². The monoisotopic (exact) mass is 697 g/mol. The molecule has 0 aliphatic carbocycles. The summed E-state index contributed by atoms with van der Waals surface area (Å²) in [7, 11) is 1.57. The number of fused-ring (bicyclic) bond motifs is 3. The lowest BCUT2D eigenvalue weighted by molar-refractivity contribution is 0.0774. The van der Waals surface area contributed by atoms with E-state index in [1.807, 2.05) is 77.8 Å². The minimum atomic E-state index is -0.106. The van der Waals surface area contributed by atoms with Crippen LogP contribution in [0.1, 0.15) is 49.4 Å². The zero-order valence-electron chi connectivity index (χ0n) is 29.7. The Morgan fingerprint density at radius 3 is 2.37 bits per heavy atom. The van der Waals surface area contributed by atoms with Crippen molar-refractivity contribution in [2.45, 2.75) is 45.1 Å². The van der Waals surface area contributed by atoms with Crippen LogP contribution in [0.4, 0.5) is 11.4 Å². The molecule has 0 bridgehead atoms. The molecule has 1 atom stereocenters. The highest BCUT2D eigenvalue weighted by atomic mass is 16.5. The molecular weight excluding hydrogens is 654 g/mol. The molecule has 5 aromatic rings. The summed E-state index contributed by atoms with van der Waals surface area (Å²) in [5.41, 5.74) is 4.34. The predicted octanol–water partition coefficient (Wildman–Crippen LogP) is 7.47. The average Bonchev–Trinajstić information content (AvgIpc) is 3.62. The van der Waals surface area contributed by atoms with E-state index in [-0.39, 0.29) is 17.5 Å².